The second-order valence-electron chi connectivity index (χ2n) is 7.69. The van der Waals surface area contributed by atoms with Crippen molar-refractivity contribution < 1.29 is 23.9 Å². The van der Waals surface area contributed by atoms with E-state index in [2.05, 4.69) is 5.32 Å². The van der Waals surface area contributed by atoms with E-state index in [4.69, 9.17) is 4.74 Å². The van der Waals surface area contributed by atoms with Crippen LogP contribution in [0, 0.1) is 13.8 Å². The number of amides is 3. The van der Waals surface area contributed by atoms with Crippen LogP contribution < -0.4 is 5.32 Å². The highest BCUT2D eigenvalue weighted by molar-refractivity contribution is 6.22. The molecule has 0 fully saturated rings. The third kappa shape index (κ3) is 3.96. The van der Waals surface area contributed by atoms with Crippen LogP contribution in [0.3, 0.4) is 0 Å². The predicted octanol–water partition coefficient (Wildman–Crippen LogP) is 3.49. The Morgan fingerprint density at radius 2 is 1.60 bits per heavy atom. The molecule has 1 aliphatic heterocycles. The lowest BCUT2D eigenvalue weighted by Crippen LogP contribution is -2.35. The molecular formula is C23H24N2O5. The van der Waals surface area contributed by atoms with Crippen LogP contribution >= 0.6 is 0 Å². The largest absolute Gasteiger partial charge is 0.449 e. The molecule has 0 spiro atoms. The second-order valence-corrected chi connectivity index (χ2v) is 7.69. The van der Waals surface area contributed by atoms with Gasteiger partial charge in [0.2, 0.25) is 0 Å². The average Bonchev–Trinajstić information content (AvgIpc) is 2.93. The topological polar surface area (TPSA) is 92.8 Å². The summed E-state index contributed by atoms with van der Waals surface area (Å²) in [6.45, 7) is 8.79. The van der Waals surface area contributed by atoms with Gasteiger partial charge in [0.05, 0.1) is 16.7 Å². The first-order valence-electron chi connectivity index (χ1n) is 9.71. The summed E-state index contributed by atoms with van der Waals surface area (Å²) in [4.78, 5) is 50.9. The SMILES string of the molecule is Cc1ccc(NC(=O)C(C)OC(=O)c2ccc3c(c2)C(=O)N(C(C)C)C3=O)c(C)c1. The summed E-state index contributed by atoms with van der Waals surface area (Å²) in [6, 6.07) is 9.52. The van der Waals surface area contributed by atoms with Gasteiger partial charge in [-0.3, -0.25) is 19.3 Å². The van der Waals surface area contributed by atoms with E-state index in [1.807, 2.05) is 26.0 Å². The van der Waals surface area contributed by atoms with Crippen molar-refractivity contribution in [2.24, 2.45) is 0 Å². The maximum absolute atomic E-state index is 12.5. The summed E-state index contributed by atoms with van der Waals surface area (Å²) in [6.07, 6.45) is -1.05. The molecule has 1 aliphatic rings. The summed E-state index contributed by atoms with van der Waals surface area (Å²) in [5.74, 6) is -2.04. The molecule has 1 heterocycles. The second kappa shape index (κ2) is 8.10. The van der Waals surface area contributed by atoms with Gasteiger partial charge in [-0.15, -0.1) is 0 Å². The van der Waals surface area contributed by atoms with Crippen molar-refractivity contribution in [3.63, 3.8) is 0 Å². The molecule has 3 amide bonds. The van der Waals surface area contributed by atoms with Crippen molar-refractivity contribution in [2.75, 3.05) is 5.32 Å². The minimum absolute atomic E-state index is 0.103. The van der Waals surface area contributed by atoms with Gasteiger partial charge < -0.3 is 10.1 Å². The number of anilines is 1. The summed E-state index contributed by atoms with van der Waals surface area (Å²) in [5.41, 5.74) is 3.14. The summed E-state index contributed by atoms with van der Waals surface area (Å²) >= 11 is 0. The van der Waals surface area contributed by atoms with Gasteiger partial charge in [0.25, 0.3) is 17.7 Å². The number of nitrogens with zero attached hydrogens (tertiary/aromatic N) is 1. The molecule has 0 aromatic heterocycles. The molecular weight excluding hydrogens is 384 g/mol. The van der Waals surface area contributed by atoms with Crippen molar-refractivity contribution in [1.82, 2.24) is 4.90 Å². The van der Waals surface area contributed by atoms with Gasteiger partial charge in [0.1, 0.15) is 0 Å². The number of fused-ring (bicyclic) bond motifs is 1. The zero-order chi connectivity index (χ0) is 22.2. The zero-order valence-corrected chi connectivity index (χ0v) is 17.6. The number of imide groups is 1. The van der Waals surface area contributed by atoms with Crippen molar-refractivity contribution in [3.8, 4) is 0 Å². The zero-order valence-electron chi connectivity index (χ0n) is 17.6. The maximum atomic E-state index is 12.5. The van der Waals surface area contributed by atoms with Gasteiger partial charge in [-0.1, -0.05) is 17.7 Å². The molecule has 30 heavy (non-hydrogen) atoms. The van der Waals surface area contributed by atoms with Crippen LogP contribution in [-0.2, 0) is 9.53 Å². The van der Waals surface area contributed by atoms with Crippen molar-refractivity contribution in [3.05, 3.63) is 64.2 Å². The Balaban J connectivity index is 1.71. The Labute approximate surface area is 175 Å². The number of rotatable bonds is 5. The van der Waals surface area contributed by atoms with Gasteiger partial charge in [-0.2, -0.15) is 0 Å². The van der Waals surface area contributed by atoms with Crippen molar-refractivity contribution in [1.29, 1.82) is 0 Å². The van der Waals surface area contributed by atoms with Crippen LogP contribution in [0.2, 0.25) is 0 Å². The number of benzene rings is 2. The molecule has 1 N–H and O–H groups in total. The lowest BCUT2D eigenvalue weighted by Gasteiger charge is -2.17. The molecule has 7 heteroatoms. The van der Waals surface area contributed by atoms with Crippen molar-refractivity contribution >= 4 is 29.4 Å². The normalized spacial score (nSPS) is 14.0. The lowest BCUT2D eigenvalue weighted by atomic mass is 10.1. The third-order valence-corrected chi connectivity index (χ3v) is 4.96. The van der Waals surface area contributed by atoms with E-state index in [0.717, 1.165) is 16.0 Å². The van der Waals surface area contributed by atoms with Gasteiger partial charge in [0, 0.05) is 11.7 Å². The molecule has 2 aromatic rings. The number of nitrogens with one attached hydrogen (secondary N) is 1. The van der Waals surface area contributed by atoms with Crippen LogP contribution in [0.5, 0.6) is 0 Å². The van der Waals surface area contributed by atoms with E-state index < -0.39 is 23.9 Å². The van der Waals surface area contributed by atoms with E-state index in [1.165, 1.54) is 25.1 Å². The molecule has 1 unspecified atom stereocenters. The maximum Gasteiger partial charge on any atom is 0.338 e. The predicted molar refractivity (Wildman–Crippen MR) is 112 cm³/mol. The van der Waals surface area contributed by atoms with Crippen LogP contribution in [0.4, 0.5) is 5.69 Å². The molecule has 0 saturated heterocycles. The standard InChI is InChI=1S/C23H24N2O5/c1-12(2)25-21(27)17-8-7-16(11-18(17)22(25)28)23(29)30-15(5)20(26)24-19-9-6-13(3)10-14(19)4/h6-12,15H,1-5H3,(H,24,26). The molecule has 0 bridgehead atoms. The van der Waals surface area contributed by atoms with Gasteiger partial charge >= 0.3 is 5.97 Å². The molecule has 0 saturated carbocycles. The first-order chi connectivity index (χ1) is 14.1. The highest BCUT2D eigenvalue weighted by Gasteiger charge is 2.37. The lowest BCUT2D eigenvalue weighted by molar-refractivity contribution is -0.123. The number of esters is 1. The Morgan fingerprint density at radius 1 is 0.933 bits per heavy atom. The molecule has 156 valence electrons. The summed E-state index contributed by atoms with van der Waals surface area (Å²) < 4.78 is 5.27. The molecule has 0 aliphatic carbocycles. The first-order valence-corrected chi connectivity index (χ1v) is 9.71. The minimum Gasteiger partial charge on any atom is -0.449 e. The fourth-order valence-electron chi connectivity index (χ4n) is 3.33. The van der Waals surface area contributed by atoms with E-state index in [9.17, 15) is 19.2 Å². The van der Waals surface area contributed by atoms with E-state index in [-0.39, 0.29) is 28.6 Å². The first kappa shape index (κ1) is 21.2. The molecule has 2 aromatic carbocycles. The number of aryl methyl sites for hydroxylation is 2. The van der Waals surface area contributed by atoms with Crippen LogP contribution in [0.15, 0.2) is 36.4 Å². The van der Waals surface area contributed by atoms with Gasteiger partial charge in [-0.05, 0) is 64.4 Å². The fraction of sp³-hybridized carbons (Fsp3) is 0.304. The highest BCUT2D eigenvalue weighted by Crippen LogP contribution is 2.26. The van der Waals surface area contributed by atoms with E-state index in [0.29, 0.717) is 5.69 Å². The van der Waals surface area contributed by atoms with E-state index >= 15 is 0 Å². The number of carbonyl (C=O) groups excluding carboxylic acids is 4. The van der Waals surface area contributed by atoms with Crippen LogP contribution in [0.1, 0.15) is 63.0 Å². The van der Waals surface area contributed by atoms with Gasteiger partial charge in [-0.25, -0.2) is 4.79 Å². The number of hydrogen-bond acceptors (Lipinski definition) is 5. The fourth-order valence-corrected chi connectivity index (χ4v) is 3.33. The third-order valence-electron chi connectivity index (χ3n) is 4.96. The number of hydrogen-bond donors (Lipinski definition) is 1. The number of carbonyl (C=O) groups is 4. The average molecular weight is 408 g/mol. The minimum atomic E-state index is -1.05. The molecule has 0 radical (unpaired) electrons. The Hall–Kier alpha value is -3.48. The van der Waals surface area contributed by atoms with Crippen LogP contribution in [0.25, 0.3) is 0 Å². The van der Waals surface area contributed by atoms with Crippen LogP contribution in [-0.4, -0.2) is 40.7 Å². The monoisotopic (exact) mass is 408 g/mol. The quantitative estimate of drug-likeness (QED) is 0.604. The van der Waals surface area contributed by atoms with Crippen molar-refractivity contribution in [2.45, 2.75) is 46.8 Å². The summed E-state index contributed by atoms with van der Waals surface area (Å²) in [5, 5.41) is 2.75. The molecule has 3 rings (SSSR count). The number of ether oxygens (including phenoxy) is 1. The highest BCUT2D eigenvalue weighted by atomic mass is 16.5. The summed E-state index contributed by atoms with van der Waals surface area (Å²) in [7, 11) is 0. The van der Waals surface area contributed by atoms with E-state index in [1.54, 1.807) is 19.9 Å². The smallest absolute Gasteiger partial charge is 0.338 e. The Bertz CT molecular complexity index is 1060. The molecule has 7 nitrogen and oxygen atoms in total. The van der Waals surface area contributed by atoms with Gasteiger partial charge in [0.15, 0.2) is 6.10 Å². The molecule has 1 atom stereocenters. The Kier molecular flexibility index (Phi) is 5.73. The Morgan fingerprint density at radius 3 is 2.23 bits per heavy atom.